The highest BCUT2D eigenvalue weighted by Gasteiger charge is 2.37. The van der Waals surface area contributed by atoms with Crippen molar-refractivity contribution >= 4 is 23.4 Å². The fourth-order valence-electron chi connectivity index (χ4n) is 3.77. The van der Waals surface area contributed by atoms with Crippen LogP contribution in [0.2, 0.25) is 0 Å². The van der Waals surface area contributed by atoms with Crippen molar-refractivity contribution in [1.82, 2.24) is 5.32 Å². The Labute approximate surface area is 186 Å². The minimum absolute atomic E-state index is 0.243. The molecule has 0 bridgehead atoms. The Morgan fingerprint density at radius 2 is 1.56 bits per heavy atom. The van der Waals surface area contributed by atoms with Gasteiger partial charge in [-0.2, -0.15) is 0 Å². The van der Waals surface area contributed by atoms with Gasteiger partial charge in [-0.15, -0.1) is 0 Å². The van der Waals surface area contributed by atoms with Gasteiger partial charge in [-0.1, -0.05) is 36.4 Å². The van der Waals surface area contributed by atoms with Crippen LogP contribution in [0.25, 0.3) is 0 Å². The number of fused-ring (bicyclic) bond motifs is 1. The highest BCUT2D eigenvalue weighted by molar-refractivity contribution is 6.35. The van der Waals surface area contributed by atoms with Crippen molar-refractivity contribution in [3.05, 3.63) is 99.6 Å². The molecular weight excluding hydrogens is 404 g/mol. The summed E-state index contributed by atoms with van der Waals surface area (Å²) < 4.78 is 5.10. The van der Waals surface area contributed by atoms with Gasteiger partial charge in [0.15, 0.2) is 0 Å². The summed E-state index contributed by atoms with van der Waals surface area (Å²) in [4.78, 5) is 39.9. The second-order valence-corrected chi connectivity index (χ2v) is 7.93. The van der Waals surface area contributed by atoms with Gasteiger partial charge in [0.25, 0.3) is 17.7 Å². The van der Waals surface area contributed by atoms with Crippen LogP contribution in [0.5, 0.6) is 0 Å². The number of ether oxygens (including phenoxy) is 1. The monoisotopic (exact) mass is 428 g/mol. The molecule has 162 valence electrons. The van der Waals surface area contributed by atoms with Gasteiger partial charge in [0.2, 0.25) is 0 Å². The zero-order chi connectivity index (χ0) is 22.8. The van der Waals surface area contributed by atoms with Crippen LogP contribution in [0.15, 0.2) is 60.7 Å². The van der Waals surface area contributed by atoms with Gasteiger partial charge in [-0.3, -0.25) is 14.4 Å². The summed E-state index contributed by atoms with van der Waals surface area (Å²) in [7, 11) is 1.64. The molecule has 0 aromatic heterocycles. The molecular formula is C26H24N2O4. The zero-order valence-corrected chi connectivity index (χ0v) is 18.3. The maximum atomic E-state index is 13.1. The van der Waals surface area contributed by atoms with Crippen molar-refractivity contribution in [2.24, 2.45) is 0 Å². The number of anilines is 1. The third kappa shape index (κ3) is 4.05. The lowest BCUT2D eigenvalue weighted by Gasteiger charge is -2.17. The van der Waals surface area contributed by atoms with Crippen molar-refractivity contribution < 1.29 is 19.1 Å². The second-order valence-electron chi connectivity index (χ2n) is 7.93. The van der Waals surface area contributed by atoms with E-state index in [9.17, 15) is 14.4 Å². The molecule has 1 aliphatic heterocycles. The lowest BCUT2D eigenvalue weighted by atomic mass is 10.1. The van der Waals surface area contributed by atoms with E-state index in [0.717, 1.165) is 22.3 Å². The fraction of sp³-hybridized carbons (Fsp3) is 0.192. The summed E-state index contributed by atoms with van der Waals surface area (Å²) in [5, 5.41) is 2.86. The smallest absolute Gasteiger partial charge is 0.266 e. The van der Waals surface area contributed by atoms with E-state index in [1.165, 1.54) is 11.0 Å². The first-order chi connectivity index (χ1) is 15.4. The number of aryl methyl sites for hydroxylation is 2. The maximum absolute atomic E-state index is 13.1. The highest BCUT2D eigenvalue weighted by Crippen LogP contribution is 2.31. The number of carbonyl (C=O) groups is 3. The molecule has 3 aromatic carbocycles. The van der Waals surface area contributed by atoms with Gasteiger partial charge in [0.1, 0.15) is 0 Å². The lowest BCUT2D eigenvalue weighted by molar-refractivity contribution is 0.0923. The first-order valence-corrected chi connectivity index (χ1v) is 10.3. The van der Waals surface area contributed by atoms with Crippen LogP contribution in [0.4, 0.5) is 5.69 Å². The molecule has 3 amide bonds. The molecule has 1 heterocycles. The van der Waals surface area contributed by atoms with E-state index < -0.39 is 5.91 Å². The van der Waals surface area contributed by atoms with Gasteiger partial charge in [-0.25, -0.2) is 4.90 Å². The summed E-state index contributed by atoms with van der Waals surface area (Å²) in [5.41, 5.74) is 5.25. The standard InChI is InChI=1S/C26H24N2O4/c1-16-4-5-17(2)23(12-16)28-25(30)21-11-10-20(13-22(21)26(28)31)24(29)27-14-18-6-8-19(9-7-18)15-32-3/h4-13H,14-15H2,1-3H3,(H,27,29). The molecule has 32 heavy (non-hydrogen) atoms. The molecule has 0 saturated carbocycles. The number of nitrogens with zero attached hydrogens (tertiary/aromatic N) is 1. The second kappa shape index (κ2) is 8.77. The van der Waals surface area contributed by atoms with Crippen molar-refractivity contribution in [2.45, 2.75) is 27.0 Å². The fourth-order valence-corrected chi connectivity index (χ4v) is 3.77. The number of benzene rings is 3. The Morgan fingerprint density at radius 3 is 2.28 bits per heavy atom. The molecule has 0 saturated heterocycles. The number of methoxy groups -OCH3 is 1. The van der Waals surface area contributed by atoms with Crippen LogP contribution >= 0.6 is 0 Å². The van der Waals surface area contributed by atoms with Crippen molar-refractivity contribution in [3.63, 3.8) is 0 Å². The predicted molar refractivity (Wildman–Crippen MR) is 122 cm³/mol. The Kier molecular flexibility index (Phi) is 5.88. The summed E-state index contributed by atoms with van der Waals surface area (Å²) in [6.45, 7) is 4.66. The van der Waals surface area contributed by atoms with Crippen LogP contribution in [0.3, 0.4) is 0 Å². The molecule has 1 aliphatic rings. The minimum atomic E-state index is -0.415. The number of rotatable bonds is 6. The summed E-state index contributed by atoms with van der Waals surface area (Å²) >= 11 is 0. The summed E-state index contributed by atoms with van der Waals surface area (Å²) in [6.07, 6.45) is 0. The molecule has 0 fully saturated rings. The Hall–Kier alpha value is -3.77. The number of hydrogen-bond acceptors (Lipinski definition) is 4. The third-order valence-corrected chi connectivity index (χ3v) is 5.54. The van der Waals surface area contributed by atoms with Crippen LogP contribution in [-0.2, 0) is 17.9 Å². The average Bonchev–Trinajstić information content (AvgIpc) is 3.04. The van der Waals surface area contributed by atoms with Crippen LogP contribution in [0, 0.1) is 13.8 Å². The predicted octanol–water partition coefficient (Wildman–Crippen LogP) is 4.18. The van der Waals surface area contributed by atoms with Crippen molar-refractivity contribution in [3.8, 4) is 0 Å². The molecule has 0 aliphatic carbocycles. The Balaban J connectivity index is 1.52. The van der Waals surface area contributed by atoms with Gasteiger partial charge in [0.05, 0.1) is 23.4 Å². The van der Waals surface area contributed by atoms with Crippen molar-refractivity contribution in [1.29, 1.82) is 0 Å². The van der Waals surface area contributed by atoms with E-state index in [4.69, 9.17) is 4.74 Å². The molecule has 0 atom stereocenters. The summed E-state index contributed by atoms with van der Waals surface area (Å²) in [6, 6.07) is 18.0. The van der Waals surface area contributed by atoms with E-state index in [1.54, 1.807) is 19.2 Å². The average molecular weight is 428 g/mol. The maximum Gasteiger partial charge on any atom is 0.266 e. The Morgan fingerprint density at radius 1 is 0.875 bits per heavy atom. The van der Waals surface area contributed by atoms with E-state index >= 15 is 0 Å². The van der Waals surface area contributed by atoms with Crippen molar-refractivity contribution in [2.75, 3.05) is 12.0 Å². The van der Waals surface area contributed by atoms with Crippen LogP contribution in [0.1, 0.15) is 53.3 Å². The minimum Gasteiger partial charge on any atom is -0.380 e. The zero-order valence-electron chi connectivity index (χ0n) is 18.3. The number of imide groups is 1. The van der Waals surface area contributed by atoms with Gasteiger partial charge >= 0.3 is 0 Å². The highest BCUT2D eigenvalue weighted by atomic mass is 16.5. The van der Waals surface area contributed by atoms with E-state index in [-0.39, 0.29) is 17.4 Å². The number of amides is 3. The number of hydrogen-bond donors (Lipinski definition) is 1. The third-order valence-electron chi connectivity index (χ3n) is 5.54. The van der Waals surface area contributed by atoms with Gasteiger partial charge < -0.3 is 10.1 Å². The quantitative estimate of drug-likeness (QED) is 0.598. The summed E-state index contributed by atoms with van der Waals surface area (Å²) in [5.74, 6) is -1.09. The molecule has 0 unspecified atom stereocenters. The molecule has 4 rings (SSSR count). The van der Waals surface area contributed by atoms with E-state index in [0.29, 0.717) is 30.0 Å². The SMILES string of the molecule is COCc1ccc(CNC(=O)c2ccc3c(c2)C(=O)N(c2cc(C)ccc2C)C3=O)cc1. The normalized spacial score (nSPS) is 12.8. The topological polar surface area (TPSA) is 75.7 Å². The van der Waals surface area contributed by atoms with Crippen LogP contribution < -0.4 is 10.2 Å². The molecule has 3 aromatic rings. The molecule has 6 nitrogen and oxygen atoms in total. The molecule has 6 heteroatoms. The Bertz CT molecular complexity index is 1210. The lowest BCUT2D eigenvalue weighted by Crippen LogP contribution is -2.30. The number of nitrogens with one attached hydrogen (secondary N) is 1. The number of carbonyl (C=O) groups excluding carboxylic acids is 3. The first kappa shape index (κ1) is 21.5. The molecule has 1 N–H and O–H groups in total. The van der Waals surface area contributed by atoms with Crippen LogP contribution in [-0.4, -0.2) is 24.8 Å². The van der Waals surface area contributed by atoms with Gasteiger partial charge in [0, 0.05) is 19.2 Å². The molecule has 0 radical (unpaired) electrons. The van der Waals surface area contributed by atoms with Gasteiger partial charge in [-0.05, 0) is 60.4 Å². The first-order valence-electron chi connectivity index (χ1n) is 10.3. The molecule has 0 spiro atoms. The van der Waals surface area contributed by atoms with E-state index in [2.05, 4.69) is 5.32 Å². The largest absolute Gasteiger partial charge is 0.380 e. The van der Waals surface area contributed by atoms with E-state index in [1.807, 2.05) is 56.3 Å².